The summed E-state index contributed by atoms with van der Waals surface area (Å²) in [6.07, 6.45) is 3.99. The van der Waals surface area contributed by atoms with E-state index in [1.54, 1.807) is 17.8 Å². The molecule has 194 valence electrons. The molecule has 1 aromatic heterocycles. The zero-order valence-electron chi connectivity index (χ0n) is 21.8. The molecule has 4 rings (SSSR count). The lowest BCUT2D eigenvalue weighted by atomic mass is 9.87. The molecule has 9 heteroatoms. The number of hydrogen-bond acceptors (Lipinski definition) is 7. The maximum atomic E-state index is 11.4. The van der Waals surface area contributed by atoms with Crippen LogP contribution in [0.1, 0.15) is 43.9 Å². The summed E-state index contributed by atoms with van der Waals surface area (Å²) in [5.74, 6) is 2.27. The number of fused-ring (bicyclic) bond motifs is 1. The Morgan fingerprint density at radius 3 is 2.36 bits per heavy atom. The number of thioether (sulfide) groups is 1. The molecule has 2 aromatic carbocycles. The first-order valence-corrected chi connectivity index (χ1v) is 15.2. The highest BCUT2D eigenvalue weighted by Gasteiger charge is 2.17. The summed E-state index contributed by atoms with van der Waals surface area (Å²) in [7, 11) is -1.48. The topological polar surface area (TPSA) is 77.3 Å². The van der Waals surface area contributed by atoms with Crippen molar-refractivity contribution in [1.82, 2.24) is 19.7 Å². The standard InChI is InChI=1S/C27H36N4O3S2/c1-27(2,3)23-10-7-21(8-11-23)25-28-29-26(30(25)4)35-18-6-15-31-16-13-20-9-12-24(34-36(5,32)33)19-22(20)14-17-31/h7-12,19H,6,13-18H2,1-5H3. The largest absolute Gasteiger partial charge is 0.383 e. The second-order valence-corrected chi connectivity index (χ2v) is 13.1. The van der Waals surface area contributed by atoms with E-state index in [0.29, 0.717) is 5.75 Å². The first-order valence-electron chi connectivity index (χ1n) is 12.4. The van der Waals surface area contributed by atoms with E-state index >= 15 is 0 Å². The number of hydrogen-bond donors (Lipinski definition) is 0. The normalized spacial score (nSPS) is 14.9. The molecule has 0 radical (unpaired) electrons. The lowest BCUT2D eigenvalue weighted by Crippen LogP contribution is -2.27. The lowest BCUT2D eigenvalue weighted by molar-refractivity contribution is 0.289. The molecule has 0 saturated carbocycles. The van der Waals surface area contributed by atoms with Gasteiger partial charge in [0.1, 0.15) is 5.75 Å². The first kappa shape index (κ1) is 26.7. The van der Waals surface area contributed by atoms with Gasteiger partial charge in [-0.1, -0.05) is 62.9 Å². The number of benzene rings is 2. The molecule has 36 heavy (non-hydrogen) atoms. The first-order chi connectivity index (χ1) is 17.0. The summed E-state index contributed by atoms with van der Waals surface area (Å²) in [5, 5.41) is 9.81. The van der Waals surface area contributed by atoms with Gasteiger partial charge in [0.2, 0.25) is 0 Å². The van der Waals surface area contributed by atoms with Crippen LogP contribution in [0.3, 0.4) is 0 Å². The van der Waals surface area contributed by atoms with Gasteiger partial charge in [0.05, 0.1) is 6.26 Å². The zero-order chi connectivity index (χ0) is 25.9. The predicted molar refractivity (Wildman–Crippen MR) is 146 cm³/mol. The van der Waals surface area contributed by atoms with Crippen LogP contribution in [0.25, 0.3) is 11.4 Å². The highest BCUT2D eigenvalue weighted by Crippen LogP contribution is 2.27. The summed E-state index contributed by atoms with van der Waals surface area (Å²) in [5.41, 5.74) is 4.97. The summed E-state index contributed by atoms with van der Waals surface area (Å²) in [6, 6.07) is 14.2. The fourth-order valence-corrected chi connectivity index (χ4v) is 5.75. The minimum Gasteiger partial charge on any atom is -0.383 e. The zero-order valence-corrected chi connectivity index (χ0v) is 23.5. The van der Waals surface area contributed by atoms with Crippen LogP contribution >= 0.6 is 11.8 Å². The van der Waals surface area contributed by atoms with Crippen LogP contribution in [0, 0.1) is 0 Å². The van der Waals surface area contributed by atoms with Crippen LogP contribution < -0.4 is 4.18 Å². The van der Waals surface area contributed by atoms with Crippen molar-refractivity contribution >= 4 is 21.9 Å². The van der Waals surface area contributed by atoms with E-state index in [4.69, 9.17) is 4.18 Å². The van der Waals surface area contributed by atoms with E-state index in [1.807, 2.05) is 19.2 Å². The fourth-order valence-electron chi connectivity index (χ4n) is 4.46. The van der Waals surface area contributed by atoms with Crippen LogP contribution in [-0.4, -0.2) is 59.7 Å². The van der Waals surface area contributed by atoms with E-state index in [2.05, 4.69) is 64.7 Å². The van der Waals surface area contributed by atoms with Crippen molar-refractivity contribution in [2.24, 2.45) is 7.05 Å². The lowest BCUT2D eigenvalue weighted by Gasteiger charge is -2.19. The molecular weight excluding hydrogens is 492 g/mol. The van der Waals surface area contributed by atoms with Gasteiger partial charge in [0.15, 0.2) is 11.0 Å². The van der Waals surface area contributed by atoms with E-state index in [9.17, 15) is 8.42 Å². The van der Waals surface area contributed by atoms with Crippen molar-refractivity contribution in [3.8, 4) is 17.1 Å². The third-order valence-electron chi connectivity index (χ3n) is 6.51. The van der Waals surface area contributed by atoms with Gasteiger partial charge in [-0.05, 0) is 60.0 Å². The second-order valence-electron chi connectivity index (χ2n) is 10.5. The Morgan fingerprint density at radius 2 is 1.69 bits per heavy atom. The van der Waals surface area contributed by atoms with Crippen molar-refractivity contribution in [2.45, 2.75) is 50.6 Å². The number of nitrogens with zero attached hydrogens (tertiary/aromatic N) is 4. The van der Waals surface area contributed by atoms with Gasteiger partial charge in [-0.25, -0.2) is 0 Å². The molecule has 0 aliphatic carbocycles. The Bertz CT molecular complexity index is 1300. The maximum Gasteiger partial charge on any atom is 0.306 e. The quantitative estimate of drug-likeness (QED) is 0.238. The number of rotatable bonds is 8. The molecule has 0 spiro atoms. The molecule has 0 bridgehead atoms. The molecule has 2 heterocycles. The molecule has 7 nitrogen and oxygen atoms in total. The molecule has 0 amide bonds. The Balaban J connectivity index is 1.27. The molecule has 0 saturated heterocycles. The van der Waals surface area contributed by atoms with E-state index in [0.717, 1.165) is 67.4 Å². The predicted octanol–water partition coefficient (Wildman–Crippen LogP) is 4.70. The highest BCUT2D eigenvalue weighted by molar-refractivity contribution is 7.99. The molecular formula is C27H36N4O3S2. The number of aromatic nitrogens is 3. The minimum atomic E-state index is -3.51. The second kappa shape index (κ2) is 10.9. The summed E-state index contributed by atoms with van der Waals surface area (Å²) in [4.78, 5) is 2.48. The Labute approximate surface area is 219 Å². The van der Waals surface area contributed by atoms with Crippen molar-refractivity contribution in [1.29, 1.82) is 0 Å². The Morgan fingerprint density at radius 1 is 1.00 bits per heavy atom. The molecule has 0 unspecified atom stereocenters. The van der Waals surface area contributed by atoms with Crippen molar-refractivity contribution in [3.05, 3.63) is 59.2 Å². The van der Waals surface area contributed by atoms with Gasteiger partial charge in [0, 0.05) is 31.5 Å². The molecule has 0 N–H and O–H groups in total. The average molecular weight is 529 g/mol. The Kier molecular flexibility index (Phi) is 8.12. The van der Waals surface area contributed by atoms with Gasteiger partial charge in [0.25, 0.3) is 0 Å². The third-order valence-corrected chi connectivity index (χ3v) is 8.12. The van der Waals surface area contributed by atoms with Crippen molar-refractivity contribution in [3.63, 3.8) is 0 Å². The van der Waals surface area contributed by atoms with Crippen LogP contribution in [0.2, 0.25) is 0 Å². The molecule has 1 aliphatic rings. The highest BCUT2D eigenvalue weighted by atomic mass is 32.2. The SMILES string of the molecule is Cn1c(SCCCN2CCc3ccc(OS(C)(=O)=O)cc3CC2)nnc1-c1ccc(C(C)(C)C)cc1. The molecule has 3 aromatic rings. The molecule has 0 atom stereocenters. The van der Waals surface area contributed by atoms with Crippen LogP contribution in [0.15, 0.2) is 47.6 Å². The van der Waals surface area contributed by atoms with Crippen molar-refractivity contribution < 1.29 is 12.6 Å². The summed E-state index contributed by atoms with van der Waals surface area (Å²) in [6.45, 7) is 9.64. The van der Waals surface area contributed by atoms with E-state index in [-0.39, 0.29) is 5.41 Å². The van der Waals surface area contributed by atoms with Gasteiger partial charge < -0.3 is 13.7 Å². The molecule has 1 aliphatic heterocycles. The van der Waals surface area contributed by atoms with Crippen LogP contribution in [0.4, 0.5) is 0 Å². The van der Waals surface area contributed by atoms with E-state index < -0.39 is 10.1 Å². The van der Waals surface area contributed by atoms with Gasteiger partial charge in [-0.2, -0.15) is 8.42 Å². The monoisotopic (exact) mass is 528 g/mol. The van der Waals surface area contributed by atoms with Gasteiger partial charge >= 0.3 is 10.1 Å². The van der Waals surface area contributed by atoms with E-state index in [1.165, 1.54) is 16.7 Å². The summed E-state index contributed by atoms with van der Waals surface area (Å²) >= 11 is 1.75. The van der Waals surface area contributed by atoms with Crippen LogP contribution in [0.5, 0.6) is 5.75 Å². The smallest absolute Gasteiger partial charge is 0.306 e. The average Bonchev–Trinajstić information content (AvgIpc) is 3.04. The van der Waals surface area contributed by atoms with Gasteiger partial charge in [-0.3, -0.25) is 0 Å². The molecule has 0 fully saturated rings. The Hall–Kier alpha value is -2.36. The fraction of sp³-hybridized carbons (Fsp3) is 0.481. The van der Waals surface area contributed by atoms with Crippen molar-refractivity contribution in [2.75, 3.05) is 31.6 Å². The van der Waals surface area contributed by atoms with Crippen LogP contribution in [-0.2, 0) is 35.4 Å². The summed E-state index contributed by atoms with van der Waals surface area (Å²) < 4.78 is 30.0. The van der Waals surface area contributed by atoms with Gasteiger partial charge in [-0.15, -0.1) is 10.2 Å². The third kappa shape index (κ3) is 6.89. The minimum absolute atomic E-state index is 0.130. The maximum absolute atomic E-state index is 11.4.